The average molecular weight is 371 g/mol. The van der Waals surface area contributed by atoms with Gasteiger partial charge >= 0.3 is 6.03 Å². The lowest BCUT2D eigenvalue weighted by Crippen LogP contribution is -2.45. The van der Waals surface area contributed by atoms with Crippen LogP contribution in [0, 0.1) is 0 Å². The predicted octanol–water partition coefficient (Wildman–Crippen LogP) is 2.50. The van der Waals surface area contributed by atoms with Gasteiger partial charge in [0.2, 0.25) is 5.91 Å². The summed E-state index contributed by atoms with van der Waals surface area (Å²) in [6, 6.07) is 0.296. The Morgan fingerprint density at radius 1 is 1.19 bits per heavy atom. The van der Waals surface area contributed by atoms with Gasteiger partial charge in [-0.1, -0.05) is 12.2 Å². The zero-order valence-electron chi connectivity index (χ0n) is 16.0. The smallest absolute Gasteiger partial charge is 0.317 e. The maximum absolute atomic E-state index is 12.6. The molecular weight excluding hydrogens is 342 g/mol. The molecule has 3 rings (SSSR count). The fourth-order valence-electron chi connectivity index (χ4n) is 3.88. The highest BCUT2D eigenvalue weighted by molar-refractivity contribution is 5.75. The number of nitrogens with zero attached hydrogens (tertiary/aromatic N) is 4. The molecule has 1 aliphatic carbocycles. The van der Waals surface area contributed by atoms with Gasteiger partial charge in [-0.2, -0.15) is 0 Å². The Morgan fingerprint density at radius 3 is 2.70 bits per heavy atom. The molecule has 2 heterocycles. The molecule has 1 fully saturated rings. The molecule has 0 unspecified atom stereocenters. The predicted molar refractivity (Wildman–Crippen MR) is 103 cm³/mol. The van der Waals surface area contributed by atoms with Gasteiger partial charge in [0.1, 0.15) is 6.33 Å². The van der Waals surface area contributed by atoms with Gasteiger partial charge in [-0.25, -0.2) is 14.8 Å². The first-order valence-electron chi connectivity index (χ1n) is 9.86. The molecule has 3 amide bonds. The molecule has 2 atom stereocenters. The molecular formula is C20H29N5O2. The van der Waals surface area contributed by atoms with E-state index in [1.54, 1.807) is 19.3 Å². The second kappa shape index (κ2) is 9.48. The molecule has 0 aromatic carbocycles. The number of aromatic nitrogens is 2. The van der Waals surface area contributed by atoms with E-state index in [0.717, 1.165) is 50.6 Å². The topological polar surface area (TPSA) is 78.4 Å². The largest absolute Gasteiger partial charge is 0.335 e. The molecule has 2 aliphatic rings. The van der Waals surface area contributed by atoms with Gasteiger partial charge in [-0.15, -0.1) is 0 Å². The van der Waals surface area contributed by atoms with Crippen molar-refractivity contribution < 1.29 is 9.59 Å². The van der Waals surface area contributed by atoms with Crippen molar-refractivity contribution in [2.24, 2.45) is 0 Å². The molecule has 27 heavy (non-hydrogen) atoms. The Hall–Kier alpha value is -2.44. The van der Waals surface area contributed by atoms with Crippen molar-refractivity contribution in [3.63, 3.8) is 0 Å². The summed E-state index contributed by atoms with van der Waals surface area (Å²) in [4.78, 5) is 36.7. The molecule has 146 valence electrons. The van der Waals surface area contributed by atoms with Gasteiger partial charge in [-0.3, -0.25) is 4.79 Å². The lowest BCUT2D eigenvalue weighted by molar-refractivity contribution is -0.132. The lowest BCUT2D eigenvalue weighted by Gasteiger charge is -2.30. The number of amides is 3. The van der Waals surface area contributed by atoms with Gasteiger partial charge in [0.15, 0.2) is 0 Å². The second-order valence-electron chi connectivity index (χ2n) is 7.38. The number of carbonyl (C=O) groups excluding carboxylic acids is 2. The van der Waals surface area contributed by atoms with Crippen molar-refractivity contribution in [3.8, 4) is 0 Å². The van der Waals surface area contributed by atoms with E-state index in [1.807, 2.05) is 9.80 Å². The average Bonchev–Trinajstić information content (AvgIpc) is 2.93. The van der Waals surface area contributed by atoms with Crippen LogP contribution >= 0.6 is 0 Å². The van der Waals surface area contributed by atoms with Gasteiger partial charge in [0.05, 0.1) is 0 Å². The summed E-state index contributed by atoms with van der Waals surface area (Å²) in [7, 11) is 0. The maximum atomic E-state index is 12.6. The van der Waals surface area contributed by atoms with Crippen LogP contribution in [0.3, 0.4) is 0 Å². The normalized spacial score (nSPS) is 22.8. The molecule has 1 aliphatic heterocycles. The summed E-state index contributed by atoms with van der Waals surface area (Å²) < 4.78 is 0. The molecule has 1 saturated heterocycles. The summed E-state index contributed by atoms with van der Waals surface area (Å²) in [6.45, 7) is 3.52. The summed E-state index contributed by atoms with van der Waals surface area (Å²) in [5.41, 5.74) is 0.927. The quantitative estimate of drug-likeness (QED) is 0.825. The third-order valence-corrected chi connectivity index (χ3v) is 5.36. The number of urea groups is 1. The van der Waals surface area contributed by atoms with Gasteiger partial charge < -0.3 is 15.1 Å². The highest BCUT2D eigenvalue weighted by Gasteiger charge is 2.27. The maximum Gasteiger partial charge on any atom is 0.317 e. The van der Waals surface area contributed by atoms with Crippen molar-refractivity contribution in [2.75, 3.05) is 13.1 Å². The van der Waals surface area contributed by atoms with Crippen molar-refractivity contribution in [1.82, 2.24) is 25.1 Å². The molecule has 7 nitrogen and oxygen atoms in total. The first-order chi connectivity index (χ1) is 13.1. The third kappa shape index (κ3) is 5.52. The molecule has 0 saturated carbocycles. The van der Waals surface area contributed by atoms with E-state index in [1.165, 1.54) is 6.33 Å². The first kappa shape index (κ1) is 19.3. The molecule has 0 radical (unpaired) electrons. The van der Waals surface area contributed by atoms with Crippen molar-refractivity contribution in [1.29, 1.82) is 0 Å². The van der Waals surface area contributed by atoms with Gasteiger partial charge in [-0.05, 0) is 38.5 Å². The zero-order valence-corrected chi connectivity index (χ0v) is 16.0. The van der Waals surface area contributed by atoms with E-state index < -0.39 is 0 Å². The van der Waals surface area contributed by atoms with Crippen LogP contribution in [0.5, 0.6) is 0 Å². The second-order valence-corrected chi connectivity index (χ2v) is 7.38. The molecule has 0 bridgehead atoms. The van der Waals surface area contributed by atoms with Crippen LogP contribution in [0.25, 0.3) is 0 Å². The molecule has 1 aromatic heterocycles. The number of rotatable bonds is 4. The van der Waals surface area contributed by atoms with E-state index in [4.69, 9.17) is 0 Å². The number of allylic oxidation sites excluding steroid dienone is 1. The lowest BCUT2D eigenvalue weighted by atomic mass is 10.0. The van der Waals surface area contributed by atoms with E-state index in [-0.39, 0.29) is 24.0 Å². The van der Waals surface area contributed by atoms with Crippen molar-refractivity contribution >= 4 is 11.9 Å². The number of carbonyl (C=O) groups is 2. The number of nitrogens with one attached hydrogen (secondary N) is 1. The highest BCUT2D eigenvalue weighted by Crippen LogP contribution is 2.20. The van der Waals surface area contributed by atoms with Crippen LogP contribution < -0.4 is 5.32 Å². The highest BCUT2D eigenvalue weighted by atomic mass is 16.2. The van der Waals surface area contributed by atoms with Crippen LogP contribution in [0.2, 0.25) is 0 Å². The fourth-order valence-corrected chi connectivity index (χ4v) is 3.88. The Labute approximate surface area is 160 Å². The monoisotopic (exact) mass is 371 g/mol. The van der Waals surface area contributed by atoms with Gasteiger partial charge in [0, 0.05) is 56.6 Å². The zero-order chi connectivity index (χ0) is 19.1. The van der Waals surface area contributed by atoms with Crippen molar-refractivity contribution in [2.45, 2.75) is 64.1 Å². The summed E-state index contributed by atoms with van der Waals surface area (Å²) in [6.07, 6.45) is 15.1. The fraction of sp³-hybridized carbons (Fsp3) is 0.600. The van der Waals surface area contributed by atoms with E-state index >= 15 is 0 Å². The van der Waals surface area contributed by atoms with Crippen LogP contribution in [-0.4, -0.2) is 56.9 Å². The Morgan fingerprint density at radius 2 is 2.00 bits per heavy atom. The minimum Gasteiger partial charge on any atom is -0.335 e. The summed E-state index contributed by atoms with van der Waals surface area (Å²) in [5, 5.41) is 3.13. The Kier molecular flexibility index (Phi) is 6.79. The minimum absolute atomic E-state index is 0.0121. The molecule has 0 spiro atoms. The summed E-state index contributed by atoms with van der Waals surface area (Å²) in [5.74, 6) is 0.0501. The van der Waals surface area contributed by atoms with Crippen molar-refractivity contribution in [3.05, 3.63) is 36.4 Å². The molecule has 1 N–H and O–H groups in total. The SMILES string of the molecule is CC(=O)N(Cc1cncnc1)[C@@H]1CCCN(C(=O)N[C@@H]2C=CCCC2)CC1. The third-order valence-electron chi connectivity index (χ3n) is 5.36. The summed E-state index contributed by atoms with van der Waals surface area (Å²) >= 11 is 0. The van der Waals surface area contributed by atoms with Crippen LogP contribution in [0.1, 0.15) is 51.0 Å². The van der Waals surface area contributed by atoms with Crippen LogP contribution in [-0.2, 0) is 11.3 Å². The van der Waals surface area contributed by atoms with E-state index in [9.17, 15) is 9.59 Å². The first-order valence-corrected chi connectivity index (χ1v) is 9.86. The Balaban J connectivity index is 1.57. The number of hydrogen-bond acceptors (Lipinski definition) is 4. The van der Waals surface area contributed by atoms with Crippen LogP contribution in [0.4, 0.5) is 4.79 Å². The molecule has 1 aromatic rings. The molecule has 7 heteroatoms. The minimum atomic E-state index is 0.0121. The Bertz CT molecular complexity index is 664. The standard InChI is InChI=1S/C20H29N5O2/c1-16(26)25(14-17-12-21-15-22-13-17)19-8-5-10-24(11-9-19)20(27)23-18-6-3-2-4-7-18/h3,6,12-13,15,18-19H,2,4-5,7-11,14H2,1H3,(H,23,27)/t18-,19-/m1/s1. The van der Waals surface area contributed by atoms with E-state index in [0.29, 0.717) is 13.1 Å². The number of hydrogen-bond donors (Lipinski definition) is 1. The van der Waals surface area contributed by atoms with E-state index in [2.05, 4.69) is 27.4 Å². The number of likely N-dealkylation sites (tertiary alicyclic amines) is 1. The van der Waals surface area contributed by atoms with Gasteiger partial charge in [0.25, 0.3) is 0 Å². The van der Waals surface area contributed by atoms with Crippen LogP contribution in [0.15, 0.2) is 30.9 Å².